The predicted molar refractivity (Wildman–Crippen MR) is 103 cm³/mol. The van der Waals surface area contributed by atoms with Gasteiger partial charge in [0.05, 0.1) is 5.39 Å². The van der Waals surface area contributed by atoms with Crippen LogP contribution in [0.5, 0.6) is 0 Å². The van der Waals surface area contributed by atoms with Crippen molar-refractivity contribution in [2.24, 2.45) is 14.1 Å². The number of hydrogen-bond donors (Lipinski definition) is 1. The van der Waals surface area contributed by atoms with Gasteiger partial charge >= 0.3 is 5.69 Å². The number of carbonyl (C=O) groups is 1. The van der Waals surface area contributed by atoms with Gasteiger partial charge in [-0.3, -0.25) is 18.7 Å². The van der Waals surface area contributed by atoms with E-state index in [4.69, 9.17) is 5.73 Å². The highest BCUT2D eigenvalue weighted by atomic mass is 16.2. The van der Waals surface area contributed by atoms with Crippen molar-refractivity contribution in [3.8, 4) is 0 Å². The lowest BCUT2D eigenvalue weighted by Gasteiger charge is -2.30. The minimum Gasteiger partial charge on any atom is -0.398 e. The van der Waals surface area contributed by atoms with Crippen molar-refractivity contribution >= 4 is 28.3 Å². The number of benzene rings is 1. The van der Waals surface area contributed by atoms with E-state index in [9.17, 15) is 14.4 Å². The van der Waals surface area contributed by atoms with Gasteiger partial charge < -0.3 is 10.6 Å². The van der Waals surface area contributed by atoms with Gasteiger partial charge in [-0.15, -0.1) is 0 Å². The fourth-order valence-corrected chi connectivity index (χ4v) is 3.57. The number of pyridine rings is 1. The van der Waals surface area contributed by atoms with Gasteiger partial charge in [0.25, 0.3) is 11.5 Å². The molecule has 138 valence electrons. The molecule has 1 amide bonds. The number of aromatic nitrogens is 3. The quantitative estimate of drug-likeness (QED) is 0.643. The molecule has 0 bridgehead atoms. The highest BCUT2D eigenvalue weighted by Gasteiger charge is 2.26. The van der Waals surface area contributed by atoms with Gasteiger partial charge in [-0.05, 0) is 42.7 Å². The minimum absolute atomic E-state index is 0.182. The average Bonchev–Trinajstić information content (AvgIpc) is 2.69. The molecule has 0 aliphatic carbocycles. The number of carbonyl (C=O) groups excluding carboxylic acids is 1. The summed E-state index contributed by atoms with van der Waals surface area (Å²) in [5, 5.41) is 0.291. The first-order valence-electron chi connectivity index (χ1n) is 8.66. The van der Waals surface area contributed by atoms with E-state index in [1.165, 1.54) is 24.7 Å². The summed E-state index contributed by atoms with van der Waals surface area (Å²) < 4.78 is 2.30. The van der Waals surface area contributed by atoms with Crippen molar-refractivity contribution in [1.82, 2.24) is 14.1 Å². The lowest BCUT2D eigenvalue weighted by Crippen LogP contribution is -2.38. The van der Waals surface area contributed by atoms with Crippen molar-refractivity contribution < 1.29 is 4.79 Å². The number of nitrogens with zero attached hydrogens (tertiary/aromatic N) is 4. The lowest BCUT2D eigenvalue weighted by atomic mass is 9.99. The second-order valence-electron chi connectivity index (χ2n) is 6.68. The van der Waals surface area contributed by atoms with Crippen molar-refractivity contribution in [1.29, 1.82) is 0 Å². The van der Waals surface area contributed by atoms with Crippen LogP contribution in [0.15, 0.2) is 39.9 Å². The Hall–Kier alpha value is -3.42. The highest BCUT2D eigenvalue weighted by Crippen LogP contribution is 2.32. The Morgan fingerprint density at radius 2 is 1.89 bits per heavy atom. The van der Waals surface area contributed by atoms with E-state index < -0.39 is 11.2 Å². The zero-order chi connectivity index (χ0) is 19.3. The maximum Gasteiger partial charge on any atom is 0.332 e. The molecule has 0 radical (unpaired) electrons. The monoisotopic (exact) mass is 365 g/mol. The topological polar surface area (TPSA) is 103 Å². The second-order valence-corrected chi connectivity index (χ2v) is 6.68. The van der Waals surface area contributed by atoms with Crippen LogP contribution in [-0.2, 0) is 20.5 Å². The first kappa shape index (κ1) is 17.0. The first-order valence-corrected chi connectivity index (χ1v) is 8.66. The molecule has 8 nitrogen and oxygen atoms in total. The Balaban J connectivity index is 1.85. The van der Waals surface area contributed by atoms with Crippen molar-refractivity contribution in [2.75, 3.05) is 17.2 Å². The van der Waals surface area contributed by atoms with Crippen LogP contribution in [0.1, 0.15) is 22.5 Å². The van der Waals surface area contributed by atoms with Crippen LogP contribution in [-0.4, -0.2) is 26.6 Å². The first-order chi connectivity index (χ1) is 12.9. The molecule has 1 aromatic carbocycles. The van der Waals surface area contributed by atoms with E-state index in [1.807, 2.05) is 18.2 Å². The van der Waals surface area contributed by atoms with Gasteiger partial charge in [-0.2, -0.15) is 0 Å². The summed E-state index contributed by atoms with van der Waals surface area (Å²) in [5.74, 6) is -0.281. The normalized spacial score (nSPS) is 13.6. The summed E-state index contributed by atoms with van der Waals surface area (Å²) in [6.07, 6.45) is 1.63. The molecule has 0 fully saturated rings. The van der Waals surface area contributed by atoms with E-state index >= 15 is 0 Å². The molecule has 1 aliphatic heterocycles. The molecular weight excluding hydrogens is 346 g/mol. The summed E-state index contributed by atoms with van der Waals surface area (Å²) >= 11 is 0. The number of rotatable bonds is 1. The molecule has 3 aromatic rings. The third-order valence-corrected chi connectivity index (χ3v) is 5.05. The summed E-state index contributed by atoms with van der Waals surface area (Å²) in [6, 6.07) is 8.58. The largest absolute Gasteiger partial charge is 0.398 e. The van der Waals surface area contributed by atoms with Gasteiger partial charge in [-0.1, -0.05) is 6.07 Å². The van der Waals surface area contributed by atoms with Gasteiger partial charge in [0, 0.05) is 32.0 Å². The lowest BCUT2D eigenvalue weighted by molar-refractivity contribution is 0.0980. The molecule has 0 atom stereocenters. The Morgan fingerprint density at radius 1 is 1.11 bits per heavy atom. The molecular formula is C19H19N5O3. The van der Waals surface area contributed by atoms with Gasteiger partial charge in [0.1, 0.15) is 11.3 Å². The van der Waals surface area contributed by atoms with Gasteiger partial charge in [-0.25, -0.2) is 9.78 Å². The predicted octanol–water partition coefficient (Wildman–Crippen LogP) is 0.807. The second kappa shape index (κ2) is 6.08. The number of nitrogen functional groups attached to an aromatic ring is 1. The molecule has 0 unspecified atom stereocenters. The molecule has 4 rings (SSSR count). The van der Waals surface area contributed by atoms with Gasteiger partial charge in [0.2, 0.25) is 0 Å². The van der Waals surface area contributed by atoms with Crippen molar-refractivity contribution in [3.63, 3.8) is 0 Å². The summed E-state index contributed by atoms with van der Waals surface area (Å²) in [5.41, 5.74) is 7.92. The molecule has 3 heterocycles. The number of aryl methyl sites for hydroxylation is 1. The standard InChI is InChI=1S/C19H19N5O3/c1-22-16-12(17(25)23(2)19(22)27)8-9-14(21-16)18(26)24-10-4-5-11-13(20)6-3-7-15(11)24/h3,6-9H,4-5,10,20H2,1-2H3. The summed E-state index contributed by atoms with van der Waals surface area (Å²) in [6.45, 7) is 0.560. The van der Waals surface area contributed by atoms with E-state index in [0.29, 0.717) is 17.6 Å². The number of hydrogen-bond acceptors (Lipinski definition) is 5. The highest BCUT2D eigenvalue weighted by molar-refractivity contribution is 6.06. The van der Waals surface area contributed by atoms with Crippen LogP contribution in [0.2, 0.25) is 0 Å². The van der Waals surface area contributed by atoms with Crippen LogP contribution < -0.4 is 21.9 Å². The number of fused-ring (bicyclic) bond motifs is 2. The van der Waals surface area contributed by atoms with E-state index in [0.717, 1.165) is 28.7 Å². The number of nitrogens with two attached hydrogens (primary N) is 1. The Kier molecular flexibility index (Phi) is 3.83. The maximum absolute atomic E-state index is 13.1. The van der Waals surface area contributed by atoms with Crippen LogP contribution in [0, 0.1) is 0 Å². The van der Waals surface area contributed by atoms with E-state index in [2.05, 4.69) is 4.98 Å². The molecule has 27 heavy (non-hydrogen) atoms. The van der Waals surface area contributed by atoms with Crippen LogP contribution in [0.4, 0.5) is 11.4 Å². The van der Waals surface area contributed by atoms with Crippen molar-refractivity contribution in [3.05, 3.63) is 62.4 Å². The maximum atomic E-state index is 13.1. The Bertz CT molecular complexity index is 1210. The minimum atomic E-state index is -0.485. The number of amides is 1. The van der Waals surface area contributed by atoms with Crippen molar-refractivity contribution in [2.45, 2.75) is 12.8 Å². The fraction of sp³-hybridized carbons (Fsp3) is 0.263. The SMILES string of the molecule is Cn1c(=O)c2ccc(C(=O)N3CCCc4c(N)cccc43)nc2n(C)c1=O. The van der Waals surface area contributed by atoms with Crippen LogP contribution in [0.25, 0.3) is 11.0 Å². The molecule has 2 aromatic heterocycles. The smallest absolute Gasteiger partial charge is 0.332 e. The molecule has 2 N–H and O–H groups in total. The van der Waals surface area contributed by atoms with E-state index in [-0.39, 0.29) is 17.2 Å². The molecule has 8 heteroatoms. The average molecular weight is 365 g/mol. The summed E-state index contributed by atoms with van der Waals surface area (Å²) in [4.78, 5) is 43.6. The molecule has 1 aliphatic rings. The molecule has 0 saturated carbocycles. The fourth-order valence-electron chi connectivity index (χ4n) is 3.57. The van der Waals surface area contributed by atoms with E-state index in [1.54, 1.807) is 11.0 Å². The van der Waals surface area contributed by atoms with Crippen LogP contribution in [0.3, 0.4) is 0 Å². The third-order valence-electron chi connectivity index (χ3n) is 5.05. The Morgan fingerprint density at radius 3 is 2.67 bits per heavy atom. The van der Waals surface area contributed by atoms with Crippen LogP contribution >= 0.6 is 0 Å². The zero-order valence-electron chi connectivity index (χ0n) is 15.1. The summed E-state index contributed by atoms with van der Waals surface area (Å²) in [7, 11) is 2.94. The third kappa shape index (κ3) is 2.52. The number of anilines is 2. The molecule has 0 spiro atoms. The Labute approximate surface area is 154 Å². The molecule has 0 saturated heterocycles. The zero-order valence-corrected chi connectivity index (χ0v) is 15.1. The van der Waals surface area contributed by atoms with Gasteiger partial charge in [0.15, 0.2) is 0 Å².